The van der Waals surface area contributed by atoms with Crippen molar-refractivity contribution in [1.82, 2.24) is 20.1 Å². The SMILES string of the molecule is C[C@@H](O[C@H]1OCCN(Cc2n[nH]c(=O)[nH]2)[C@H]1c1ccc(F)cc1)c1cc(C(F)F)cc(C(F)(F)F)c1. The van der Waals surface area contributed by atoms with Gasteiger partial charge in [-0.3, -0.25) is 9.88 Å². The molecular weight excluding hydrogens is 494 g/mol. The summed E-state index contributed by atoms with van der Waals surface area (Å²) in [5, 5.41) is 6.15. The third-order valence-electron chi connectivity index (χ3n) is 5.79. The molecule has 1 saturated heterocycles. The number of rotatable bonds is 7. The molecule has 3 aromatic rings. The Morgan fingerprint density at radius 1 is 1.17 bits per heavy atom. The largest absolute Gasteiger partial charge is 0.416 e. The molecule has 0 bridgehead atoms. The summed E-state index contributed by atoms with van der Waals surface area (Å²) in [6.45, 7) is 2.11. The lowest BCUT2D eigenvalue weighted by atomic mass is 10.0. The first-order valence-electron chi connectivity index (χ1n) is 10.9. The van der Waals surface area contributed by atoms with Crippen molar-refractivity contribution < 1.29 is 35.8 Å². The van der Waals surface area contributed by atoms with E-state index in [-0.39, 0.29) is 18.7 Å². The van der Waals surface area contributed by atoms with E-state index in [0.717, 1.165) is 12.1 Å². The van der Waals surface area contributed by atoms with Crippen LogP contribution in [0.4, 0.5) is 26.3 Å². The Labute approximate surface area is 201 Å². The second kappa shape index (κ2) is 10.4. The number of halogens is 6. The summed E-state index contributed by atoms with van der Waals surface area (Å²) < 4.78 is 92.0. The molecule has 1 aromatic heterocycles. The van der Waals surface area contributed by atoms with Gasteiger partial charge in [0.25, 0.3) is 6.43 Å². The molecule has 36 heavy (non-hydrogen) atoms. The van der Waals surface area contributed by atoms with Gasteiger partial charge in [0, 0.05) is 12.1 Å². The minimum absolute atomic E-state index is 0.102. The molecule has 1 aliphatic heterocycles. The number of hydrogen-bond donors (Lipinski definition) is 2. The van der Waals surface area contributed by atoms with Crippen LogP contribution in [0.2, 0.25) is 0 Å². The second-order valence-electron chi connectivity index (χ2n) is 8.30. The van der Waals surface area contributed by atoms with Crippen molar-refractivity contribution in [2.24, 2.45) is 0 Å². The molecule has 0 aliphatic carbocycles. The highest BCUT2D eigenvalue weighted by Crippen LogP contribution is 2.38. The van der Waals surface area contributed by atoms with Gasteiger partial charge < -0.3 is 9.47 Å². The van der Waals surface area contributed by atoms with Crippen LogP contribution in [0.5, 0.6) is 0 Å². The molecule has 1 fully saturated rings. The first-order chi connectivity index (χ1) is 17.0. The Hall–Kier alpha value is -3.16. The summed E-state index contributed by atoms with van der Waals surface area (Å²) in [5.74, 6) is -0.159. The first kappa shape index (κ1) is 25.9. The van der Waals surface area contributed by atoms with Gasteiger partial charge in [0.1, 0.15) is 11.6 Å². The number of hydrogen-bond acceptors (Lipinski definition) is 5. The van der Waals surface area contributed by atoms with Crippen molar-refractivity contribution in [2.45, 2.75) is 44.5 Å². The Morgan fingerprint density at radius 2 is 1.86 bits per heavy atom. The van der Waals surface area contributed by atoms with E-state index in [9.17, 15) is 31.1 Å². The maximum Gasteiger partial charge on any atom is 0.416 e. The average Bonchev–Trinajstić information content (AvgIpc) is 3.23. The third kappa shape index (κ3) is 5.97. The number of H-pyrrole nitrogens is 2. The highest BCUT2D eigenvalue weighted by atomic mass is 19.4. The van der Waals surface area contributed by atoms with E-state index in [1.165, 1.54) is 31.2 Å². The Bertz CT molecular complexity index is 1230. The van der Waals surface area contributed by atoms with Crippen LogP contribution in [0.25, 0.3) is 0 Å². The lowest BCUT2D eigenvalue weighted by Gasteiger charge is -2.41. The number of ether oxygens (including phenoxy) is 2. The van der Waals surface area contributed by atoms with Gasteiger partial charge in [0.2, 0.25) is 0 Å². The van der Waals surface area contributed by atoms with E-state index in [2.05, 4.69) is 15.2 Å². The van der Waals surface area contributed by atoms with Crippen molar-refractivity contribution in [1.29, 1.82) is 0 Å². The zero-order chi connectivity index (χ0) is 26.0. The number of alkyl halides is 5. The van der Waals surface area contributed by atoms with Gasteiger partial charge in [0.15, 0.2) is 6.29 Å². The first-order valence-corrected chi connectivity index (χ1v) is 10.9. The normalized spacial score (nSPS) is 20.1. The number of nitrogens with one attached hydrogen (secondary N) is 2. The minimum atomic E-state index is -4.82. The van der Waals surface area contributed by atoms with E-state index < -0.39 is 53.7 Å². The van der Waals surface area contributed by atoms with Crippen molar-refractivity contribution >= 4 is 0 Å². The molecule has 2 aromatic carbocycles. The number of aromatic nitrogens is 3. The Balaban J connectivity index is 1.65. The molecule has 0 unspecified atom stereocenters. The van der Waals surface area contributed by atoms with Crippen molar-refractivity contribution in [3.63, 3.8) is 0 Å². The zero-order valence-corrected chi connectivity index (χ0v) is 18.9. The summed E-state index contributed by atoms with van der Waals surface area (Å²) in [5.41, 5.74) is -2.02. The van der Waals surface area contributed by atoms with Gasteiger partial charge in [-0.2, -0.15) is 18.3 Å². The van der Waals surface area contributed by atoms with E-state index >= 15 is 0 Å². The summed E-state index contributed by atoms with van der Waals surface area (Å²) >= 11 is 0. The van der Waals surface area contributed by atoms with Crippen LogP contribution >= 0.6 is 0 Å². The Morgan fingerprint density at radius 3 is 2.47 bits per heavy atom. The highest BCUT2D eigenvalue weighted by molar-refractivity contribution is 5.34. The van der Waals surface area contributed by atoms with Crippen LogP contribution in [0, 0.1) is 5.82 Å². The second-order valence-corrected chi connectivity index (χ2v) is 8.30. The number of nitrogens with zero attached hydrogens (tertiary/aromatic N) is 2. The van der Waals surface area contributed by atoms with Crippen LogP contribution in [-0.2, 0) is 22.2 Å². The van der Waals surface area contributed by atoms with E-state index in [1.54, 1.807) is 0 Å². The van der Waals surface area contributed by atoms with E-state index in [1.807, 2.05) is 4.90 Å². The molecule has 3 atom stereocenters. The van der Waals surface area contributed by atoms with Crippen LogP contribution in [0.3, 0.4) is 0 Å². The summed E-state index contributed by atoms with van der Waals surface area (Å²) in [6, 6.07) is 6.95. The van der Waals surface area contributed by atoms with Crippen LogP contribution in [-0.4, -0.2) is 39.5 Å². The highest BCUT2D eigenvalue weighted by Gasteiger charge is 2.37. The topological polar surface area (TPSA) is 83.2 Å². The van der Waals surface area contributed by atoms with Gasteiger partial charge in [-0.1, -0.05) is 12.1 Å². The number of benzene rings is 2. The third-order valence-corrected chi connectivity index (χ3v) is 5.79. The molecule has 0 radical (unpaired) electrons. The van der Waals surface area contributed by atoms with Gasteiger partial charge >= 0.3 is 11.9 Å². The fourth-order valence-corrected chi connectivity index (χ4v) is 4.06. The smallest absolute Gasteiger partial charge is 0.349 e. The summed E-state index contributed by atoms with van der Waals surface area (Å²) in [6.07, 6.45) is -10.1. The van der Waals surface area contributed by atoms with Crippen LogP contribution in [0.15, 0.2) is 47.3 Å². The molecule has 13 heteroatoms. The molecule has 4 rings (SSSR count). The van der Waals surface area contributed by atoms with E-state index in [4.69, 9.17) is 9.47 Å². The molecule has 2 heterocycles. The molecule has 0 spiro atoms. The Kier molecular flexibility index (Phi) is 7.52. The fourth-order valence-electron chi connectivity index (χ4n) is 4.06. The molecule has 0 saturated carbocycles. The quantitative estimate of drug-likeness (QED) is 0.438. The average molecular weight is 516 g/mol. The van der Waals surface area contributed by atoms with Crippen LogP contribution < -0.4 is 5.69 Å². The number of morpholine rings is 1. The molecular formula is C23H22F6N4O3. The zero-order valence-electron chi connectivity index (χ0n) is 18.9. The fraction of sp³-hybridized carbons (Fsp3) is 0.391. The lowest BCUT2D eigenvalue weighted by molar-refractivity contribution is -0.231. The van der Waals surface area contributed by atoms with Gasteiger partial charge in [0.05, 0.1) is 30.9 Å². The monoisotopic (exact) mass is 516 g/mol. The predicted molar refractivity (Wildman–Crippen MR) is 114 cm³/mol. The van der Waals surface area contributed by atoms with Crippen molar-refractivity contribution in [2.75, 3.05) is 13.2 Å². The van der Waals surface area contributed by atoms with Crippen molar-refractivity contribution in [3.05, 3.63) is 86.8 Å². The maximum absolute atomic E-state index is 13.6. The standard InChI is InChI=1S/C23H22F6N4O3/c1-12(14-8-15(20(25)26)10-16(9-14)23(27,28)29)36-21-19(13-2-4-17(24)5-3-13)33(6-7-35-21)11-18-30-22(34)32-31-18/h2-5,8-10,12,19-21H,6-7,11H2,1H3,(H2,30,31,32,34)/t12-,19+,21-/m1/s1. The molecule has 7 nitrogen and oxygen atoms in total. The van der Waals surface area contributed by atoms with E-state index in [0.29, 0.717) is 24.0 Å². The van der Waals surface area contributed by atoms with Gasteiger partial charge in [-0.25, -0.2) is 23.1 Å². The maximum atomic E-state index is 13.6. The van der Waals surface area contributed by atoms with Crippen molar-refractivity contribution in [3.8, 4) is 0 Å². The lowest BCUT2D eigenvalue weighted by Crippen LogP contribution is -2.46. The molecule has 1 aliphatic rings. The summed E-state index contributed by atoms with van der Waals surface area (Å²) in [7, 11) is 0. The molecule has 194 valence electrons. The summed E-state index contributed by atoms with van der Waals surface area (Å²) in [4.78, 5) is 15.8. The predicted octanol–water partition coefficient (Wildman–Crippen LogP) is 4.87. The van der Waals surface area contributed by atoms with Gasteiger partial charge in [-0.15, -0.1) is 0 Å². The van der Waals surface area contributed by atoms with Crippen LogP contribution in [0.1, 0.15) is 53.6 Å². The molecule has 2 N–H and O–H groups in total. The minimum Gasteiger partial charge on any atom is -0.349 e. The van der Waals surface area contributed by atoms with Gasteiger partial charge in [-0.05, 0) is 48.4 Å². The number of aromatic amines is 2. The molecule has 0 amide bonds.